The summed E-state index contributed by atoms with van der Waals surface area (Å²) in [6.07, 6.45) is 2.79. The smallest absolute Gasteiger partial charge is 0.326 e. The molecule has 4 nitrogen and oxygen atoms in total. The van der Waals surface area contributed by atoms with Crippen LogP contribution >= 0.6 is 0 Å². The molecule has 0 amide bonds. The average molecular weight is 284 g/mol. The lowest BCUT2D eigenvalue weighted by atomic mass is 9.95. The summed E-state index contributed by atoms with van der Waals surface area (Å²) in [5.74, 6) is -0.0731. The van der Waals surface area contributed by atoms with Gasteiger partial charge in [0.05, 0.1) is 6.61 Å². The minimum Gasteiger partial charge on any atom is -0.465 e. The van der Waals surface area contributed by atoms with Gasteiger partial charge >= 0.3 is 5.97 Å². The van der Waals surface area contributed by atoms with Crippen molar-refractivity contribution in [3.8, 4) is 0 Å². The van der Waals surface area contributed by atoms with Crippen LogP contribution in [-0.2, 0) is 9.53 Å². The molecule has 2 atom stereocenters. The number of carbonyl (C=O) groups excluding carboxylic acids is 1. The molecule has 1 fully saturated rings. The van der Waals surface area contributed by atoms with Crippen LogP contribution < -0.4 is 5.32 Å². The number of carbonyl (C=O) groups is 1. The molecule has 0 radical (unpaired) electrons. The van der Waals surface area contributed by atoms with E-state index in [1.807, 2.05) is 6.92 Å². The zero-order valence-electron chi connectivity index (χ0n) is 14.0. The van der Waals surface area contributed by atoms with Gasteiger partial charge in [-0.2, -0.15) is 0 Å². The molecule has 1 aliphatic rings. The lowest BCUT2D eigenvalue weighted by Gasteiger charge is -2.34. The molecule has 0 aromatic rings. The first kappa shape index (κ1) is 17.4. The molecule has 20 heavy (non-hydrogen) atoms. The molecule has 0 saturated heterocycles. The molecule has 118 valence electrons. The quantitative estimate of drug-likeness (QED) is 0.730. The van der Waals surface area contributed by atoms with Crippen LogP contribution in [0.3, 0.4) is 0 Å². The van der Waals surface area contributed by atoms with E-state index >= 15 is 0 Å². The van der Waals surface area contributed by atoms with Gasteiger partial charge < -0.3 is 4.74 Å². The minimum atomic E-state index is -0.489. The highest BCUT2D eigenvalue weighted by molar-refractivity contribution is 5.81. The topological polar surface area (TPSA) is 41.6 Å². The van der Waals surface area contributed by atoms with E-state index in [0.29, 0.717) is 18.7 Å². The van der Waals surface area contributed by atoms with Gasteiger partial charge in [-0.15, -0.1) is 0 Å². The number of nitrogens with one attached hydrogen (secondary N) is 1. The highest BCUT2D eigenvalue weighted by Crippen LogP contribution is 2.35. The number of hydrogen-bond donors (Lipinski definition) is 1. The Balaban J connectivity index is 2.85. The second kappa shape index (κ2) is 7.41. The van der Waals surface area contributed by atoms with Gasteiger partial charge in [-0.05, 0) is 60.4 Å². The highest BCUT2D eigenvalue weighted by Gasteiger charge is 2.48. The van der Waals surface area contributed by atoms with Crippen LogP contribution in [0.25, 0.3) is 0 Å². The number of esters is 1. The van der Waals surface area contributed by atoms with E-state index in [0.717, 1.165) is 25.8 Å². The van der Waals surface area contributed by atoms with E-state index in [1.54, 1.807) is 0 Å². The maximum absolute atomic E-state index is 12.4. The molecule has 0 aromatic carbocycles. The van der Waals surface area contributed by atoms with Crippen molar-refractivity contribution in [3.63, 3.8) is 0 Å². The summed E-state index contributed by atoms with van der Waals surface area (Å²) in [4.78, 5) is 14.9. The summed E-state index contributed by atoms with van der Waals surface area (Å²) < 4.78 is 5.33. The van der Waals surface area contributed by atoms with Crippen LogP contribution in [0.5, 0.6) is 0 Å². The Bertz CT molecular complexity index is 318. The average Bonchev–Trinajstić information content (AvgIpc) is 2.74. The molecule has 1 rings (SSSR count). The molecule has 0 aliphatic heterocycles. The molecule has 1 aliphatic carbocycles. The monoisotopic (exact) mass is 284 g/mol. The van der Waals surface area contributed by atoms with Gasteiger partial charge in [-0.25, -0.2) is 0 Å². The van der Waals surface area contributed by atoms with Crippen molar-refractivity contribution in [2.24, 2.45) is 0 Å². The summed E-state index contributed by atoms with van der Waals surface area (Å²) in [7, 11) is 0. The number of ether oxygens (including phenoxy) is 1. The third-order valence-corrected chi connectivity index (χ3v) is 4.22. The van der Waals surface area contributed by atoms with Gasteiger partial charge in [0.15, 0.2) is 0 Å². The molecule has 0 bridgehead atoms. The third kappa shape index (κ3) is 3.95. The van der Waals surface area contributed by atoms with Gasteiger partial charge in [0.1, 0.15) is 5.54 Å². The van der Waals surface area contributed by atoms with Crippen molar-refractivity contribution in [2.75, 3.05) is 13.2 Å². The molecule has 1 N–H and O–H groups in total. The van der Waals surface area contributed by atoms with Gasteiger partial charge in [0, 0.05) is 18.1 Å². The maximum atomic E-state index is 12.4. The summed E-state index contributed by atoms with van der Waals surface area (Å²) >= 11 is 0. The summed E-state index contributed by atoms with van der Waals surface area (Å²) in [5.41, 5.74) is -0.489. The first-order valence-electron chi connectivity index (χ1n) is 8.07. The van der Waals surface area contributed by atoms with Crippen LogP contribution in [0.1, 0.15) is 60.8 Å². The van der Waals surface area contributed by atoms with Crippen LogP contribution in [0.4, 0.5) is 0 Å². The Morgan fingerprint density at radius 1 is 1.35 bits per heavy atom. The van der Waals surface area contributed by atoms with Crippen molar-refractivity contribution >= 4 is 5.97 Å². The summed E-state index contributed by atoms with van der Waals surface area (Å²) in [6, 6.07) is 1.27. The number of rotatable bonds is 7. The normalized spacial score (nSPS) is 26.8. The lowest BCUT2D eigenvalue weighted by Crippen LogP contribution is -2.55. The second-order valence-corrected chi connectivity index (χ2v) is 6.42. The van der Waals surface area contributed by atoms with E-state index in [1.165, 1.54) is 0 Å². The Morgan fingerprint density at radius 2 is 2.00 bits per heavy atom. The fraction of sp³-hybridized carbons (Fsp3) is 0.938. The molecule has 0 spiro atoms. The first-order valence-corrected chi connectivity index (χ1v) is 8.07. The second-order valence-electron chi connectivity index (χ2n) is 6.42. The fourth-order valence-electron chi connectivity index (χ4n) is 3.54. The summed E-state index contributed by atoms with van der Waals surface area (Å²) in [5, 5.41) is 3.49. The Labute approximate surface area is 124 Å². The Morgan fingerprint density at radius 3 is 2.45 bits per heavy atom. The van der Waals surface area contributed by atoms with E-state index in [2.05, 4.69) is 44.8 Å². The molecule has 1 saturated carbocycles. The van der Waals surface area contributed by atoms with Crippen LogP contribution in [0.15, 0.2) is 0 Å². The summed E-state index contributed by atoms with van der Waals surface area (Å²) in [6.45, 7) is 14.2. The predicted molar refractivity (Wildman–Crippen MR) is 82.8 cm³/mol. The van der Waals surface area contributed by atoms with Gasteiger partial charge in [-0.3, -0.25) is 15.0 Å². The zero-order chi connectivity index (χ0) is 15.3. The van der Waals surface area contributed by atoms with Crippen LogP contribution in [0.2, 0.25) is 0 Å². The largest absolute Gasteiger partial charge is 0.465 e. The third-order valence-electron chi connectivity index (χ3n) is 4.22. The van der Waals surface area contributed by atoms with Crippen molar-refractivity contribution < 1.29 is 9.53 Å². The molecule has 4 heteroatoms. The van der Waals surface area contributed by atoms with Crippen LogP contribution in [-0.4, -0.2) is 47.7 Å². The van der Waals surface area contributed by atoms with Crippen molar-refractivity contribution in [1.82, 2.24) is 10.2 Å². The predicted octanol–water partition coefficient (Wildman–Crippen LogP) is 2.57. The molecule has 0 aromatic heterocycles. The molecule has 0 heterocycles. The van der Waals surface area contributed by atoms with E-state index < -0.39 is 5.54 Å². The number of hydrogen-bond acceptors (Lipinski definition) is 4. The van der Waals surface area contributed by atoms with Gasteiger partial charge in [0.25, 0.3) is 0 Å². The first-order chi connectivity index (χ1) is 9.36. The fourth-order valence-corrected chi connectivity index (χ4v) is 3.54. The molecular formula is C16H32N2O2. The van der Waals surface area contributed by atoms with E-state index in [9.17, 15) is 4.79 Å². The molecule has 2 unspecified atom stereocenters. The Hall–Kier alpha value is -0.610. The van der Waals surface area contributed by atoms with Gasteiger partial charge in [0.2, 0.25) is 0 Å². The van der Waals surface area contributed by atoms with E-state index in [-0.39, 0.29) is 12.0 Å². The molecular weight excluding hydrogens is 252 g/mol. The van der Waals surface area contributed by atoms with Crippen LogP contribution in [0, 0.1) is 0 Å². The maximum Gasteiger partial charge on any atom is 0.326 e. The van der Waals surface area contributed by atoms with E-state index in [4.69, 9.17) is 4.74 Å². The SMILES string of the molecule is CCOC(=O)C1(NC(C)C)CCC(N(CC)C(C)C)C1. The zero-order valence-corrected chi connectivity index (χ0v) is 14.0. The number of nitrogens with zero attached hydrogens (tertiary/aromatic N) is 1. The Kier molecular flexibility index (Phi) is 6.46. The van der Waals surface area contributed by atoms with Crippen molar-refractivity contribution in [3.05, 3.63) is 0 Å². The van der Waals surface area contributed by atoms with Crippen molar-refractivity contribution in [2.45, 2.75) is 84.5 Å². The van der Waals surface area contributed by atoms with Gasteiger partial charge in [-0.1, -0.05) is 6.92 Å². The van der Waals surface area contributed by atoms with Crippen molar-refractivity contribution in [1.29, 1.82) is 0 Å². The lowest BCUT2D eigenvalue weighted by molar-refractivity contribution is -0.151. The minimum absolute atomic E-state index is 0.0731. The standard InChI is InChI=1S/C16H32N2O2/c1-7-18(13(5)6)14-9-10-16(11-14,17-12(3)4)15(19)20-8-2/h12-14,17H,7-11H2,1-6H3. The highest BCUT2D eigenvalue weighted by atomic mass is 16.5.